The molecule has 1 amide bonds. The number of para-hydroxylation sites is 1. The molecule has 1 aliphatic rings. The van der Waals surface area contributed by atoms with Crippen LogP contribution in [-0.4, -0.2) is 58.5 Å². The maximum atomic E-state index is 12.1. The van der Waals surface area contributed by atoms with E-state index in [0.29, 0.717) is 19.0 Å². The summed E-state index contributed by atoms with van der Waals surface area (Å²) in [5, 5.41) is 16.5. The standard InChI is InChI=1S/C19H26N4O2/c24-15-16-7-10-22(11-8-16)14-19(25)20-9-6-17-12-21-23(13-17)18-4-2-1-3-5-18/h1-5,12-13,16,24H,6-11,14-15H2,(H,20,25). The van der Waals surface area contributed by atoms with Gasteiger partial charge in [-0.1, -0.05) is 18.2 Å². The topological polar surface area (TPSA) is 70.4 Å². The van der Waals surface area contributed by atoms with Crippen molar-refractivity contribution in [1.82, 2.24) is 20.0 Å². The summed E-state index contributed by atoms with van der Waals surface area (Å²) in [6.45, 7) is 3.11. The number of carbonyl (C=O) groups excluding carboxylic acids is 1. The van der Waals surface area contributed by atoms with E-state index < -0.39 is 0 Å². The number of piperidine rings is 1. The van der Waals surface area contributed by atoms with Crippen LogP contribution in [-0.2, 0) is 11.2 Å². The van der Waals surface area contributed by atoms with Crippen molar-refractivity contribution in [3.8, 4) is 5.69 Å². The first kappa shape index (κ1) is 17.6. The van der Waals surface area contributed by atoms with E-state index in [9.17, 15) is 4.79 Å². The number of hydrogen-bond acceptors (Lipinski definition) is 4. The molecule has 0 bridgehead atoms. The molecule has 2 heterocycles. The van der Waals surface area contributed by atoms with Crippen molar-refractivity contribution in [3.05, 3.63) is 48.3 Å². The van der Waals surface area contributed by atoms with Gasteiger partial charge in [-0.25, -0.2) is 4.68 Å². The third kappa shape index (κ3) is 5.14. The van der Waals surface area contributed by atoms with Crippen LogP contribution >= 0.6 is 0 Å². The lowest BCUT2D eigenvalue weighted by molar-refractivity contribution is -0.122. The second kappa shape index (κ2) is 8.78. The Kier molecular flexibility index (Phi) is 6.19. The smallest absolute Gasteiger partial charge is 0.234 e. The van der Waals surface area contributed by atoms with Crippen LogP contribution in [0.4, 0.5) is 0 Å². The Labute approximate surface area is 148 Å². The van der Waals surface area contributed by atoms with Crippen molar-refractivity contribution in [2.24, 2.45) is 5.92 Å². The minimum Gasteiger partial charge on any atom is -0.396 e. The Bertz CT molecular complexity index is 663. The fourth-order valence-electron chi connectivity index (χ4n) is 3.14. The maximum Gasteiger partial charge on any atom is 0.234 e. The van der Waals surface area contributed by atoms with E-state index in [1.165, 1.54) is 0 Å². The molecular weight excluding hydrogens is 316 g/mol. The SMILES string of the molecule is O=C(CN1CCC(CO)CC1)NCCc1cnn(-c2ccccc2)c1. The maximum absolute atomic E-state index is 12.1. The van der Waals surface area contributed by atoms with Crippen LogP contribution in [0.3, 0.4) is 0 Å². The number of amides is 1. The van der Waals surface area contributed by atoms with Crippen LogP contribution in [0.15, 0.2) is 42.7 Å². The van der Waals surface area contributed by atoms with Crippen LogP contribution in [0.5, 0.6) is 0 Å². The third-order valence-corrected chi connectivity index (χ3v) is 4.73. The highest BCUT2D eigenvalue weighted by Crippen LogP contribution is 2.15. The molecule has 1 aromatic carbocycles. The normalized spacial score (nSPS) is 16.0. The molecule has 1 aliphatic heterocycles. The number of carbonyl (C=O) groups is 1. The average molecular weight is 342 g/mol. The van der Waals surface area contributed by atoms with Gasteiger partial charge in [-0.3, -0.25) is 9.69 Å². The van der Waals surface area contributed by atoms with Crippen LogP contribution in [0.25, 0.3) is 5.69 Å². The molecule has 1 fully saturated rings. The number of hydrogen-bond donors (Lipinski definition) is 2. The molecule has 6 nitrogen and oxygen atoms in total. The highest BCUT2D eigenvalue weighted by Gasteiger charge is 2.19. The number of likely N-dealkylation sites (tertiary alicyclic amines) is 1. The second-order valence-electron chi connectivity index (χ2n) is 6.63. The molecule has 0 unspecified atom stereocenters. The number of rotatable bonds is 7. The van der Waals surface area contributed by atoms with Crippen LogP contribution in [0.1, 0.15) is 18.4 Å². The van der Waals surface area contributed by atoms with E-state index in [0.717, 1.165) is 43.6 Å². The quantitative estimate of drug-likeness (QED) is 0.794. The molecule has 2 aromatic rings. The first-order valence-electron chi connectivity index (χ1n) is 8.93. The van der Waals surface area contributed by atoms with Gasteiger partial charge in [-0.2, -0.15) is 5.10 Å². The van der Waals surface area contributed by atoms with Crippen molar-refractivity contribution >= 4 is 5.91 Å². The molecule has 6 heteroatoms. The summed E-state index contributed by atoms with van der Waals surface area (Å²) in [7, 11) is 0. The highest BCUT2D eigenvalue weighted by atomic mass is 16.3. The first-order chi connectivity index (χ1) is 12.2. The van der Waals surface area contributed by atoms with Gasteiger partial charge in [0.05, 0.1) is 18.4 Å². The molecule has 1 saturated heterocycles. The number of aromatic nitrogens is 2. The number of nitrogens with zero attached hydrogens (tertiary/aromatic N) is 3. The fraction of sp³-hybridized carbons (Fsp3) is 0.474. The lowest BCUT2D eigenvalue weighted by Gasteiger charge is -2.30. The highest BCUT2D eigenvalue weighted by molar-refractivity contribution is 5.78. The lowest BCUT2D eigenvalue weighted by atomic mass is 9.98. The van der Waals surface area contributed by atoms with Crippen molar-refractivity contribution in [2.75, 3.05) is 32.8 Å². The Hall–Kier alpha value is -2.18. The molecule has 134 valence electrons. The van der Waals surface area contributed by atoms with E-state index in [1.54, 1.807) is 0 Å². The van der Waals surface area contributed by atoms with Crippen LogP contribution < -0.4 is 5.32 Å². The summed E-state index contributed by atoms with van der Waals surface area (Å²) in [5.74, 6) is 0.471. The van der Waals surface area contributed by atoms with Gasteiger partial charge in [0.25, 0.3) is 0 Å². The van der Waals surface area contributed by atoms with Crippen LogP contribution in [0, 0.1) is 5.92 Å². The largest absolute Gasteiger partial charge is 0.396 e. The van der Waals surface area contributed by atoms with E-state index in [2.05, 4.69) is 15.3 Å². The molecule has 0 atom stereocenters. The second-order valence-corrected chi connectivity index (χ2v) is 6.63. The number of aliphatic hydroxyl groups is 1. The van der Waals surface area contributed by atoms with Gasteiger partial charge in [0.1, 0.15) is 0 Å². The van der Waals surface area contributed by atoms with Gasteiger partial charge >= 0.3 is 0 Å². The summed E-state index contributed by atoms with van der Waals surface area (Å²) >= 11 is 0. The monoisotopic (exact) mass is 342 g/mol. The van der Waals surface area contributed by atoms with E-state index in [-0.39, 0.29) is 12.5 Å². The summed E-state index contributed by atoms with van der Waals surface area (Å²) in [5.41, 5.74) is 2.14. The summed E-state index contributed by atoms with van der Waals surface area (Å²) in [6.07, 6.45) is 6.57. The number of aliphatic hydroxyl groups excluding tert-OH is 1. The third-order valence-electron chi connectivity index (χ3n) is 4.73. The van der Waals surface area contributed by atoms with Crippen molar-refractivity contribution in [2.45, 2.75) is 19.3 Å². The van der Waals surface area contributed by atoms with Crippen molar-refractivity contribution in [1.29, 1.82) is 0 Å². The zero-order valence-electron chi connectivity index (χ0n) is 14.5. The molecular formula is C19H26N4O2. The van der Waals surface area contributed by atoms with Crippen molar-refractivity contribution < 1.29 is 9.90 Å². The molecule has 0 aliphatic carbocycles. The molecule has 25 heavy (non-hydrogen) atoms. The average Bonchev–Trinajstić information content (AvgIpc) is 3.12. The zero-order valence-corrected chi connectivity index (χ0v) is 14.5. The minimum absolute atomic E-state index is 0.0675. The van der Waals surface area contributed by atoms with E-state index in [1.807, 2.05) is 47.4 Å². The lowest BCUT2D eigenvalue weighted by Crippen LogP contribution is -2.42. The Morgan fingerprint density at radius 1 is 1.24 bits per heavy atom. The zero-order chi connectivity index (χ0) is 17.5. The Balaban J connectivity index is 1.38. The molecule has 0 spiro atoms. The molecule has 1 aromatic heterocycles. The van der Waals surface area contributed by atoms with Crippen LogP contribution in [0.2, 0.25) is 0 Å². The van der Waals surface area contributed by atoms with Gasteiger partial charge in [0.2, 0.25) is 5.91 Å². The molecule has 2 N–H and O–H groups in total. The predicted octanol–water partition coefficient (Wildman–Crippen LogP) is 1.24. The van der Waals surface area contributed by atoms with E-state index >= 15 is 0 Å². The van der Waals surface area contributed by atoms with Gasteiger partial charge < -0.3 is 10.4 Å². The minimum atomic E-state index is 0.0675. The Morgan fingerprint density at radius 2 is 2.00 bits per heavy atom. The van der Waals surface area contributed by atoms with Gasteiger partial charge in [0.15, 0.2) is 0 Å². The van der Waals surface area contributed by atoms with E-state index in [4.69, 9.17) is 5.11 Å². The van der Waals surface area contributed by atoms with Gasteiger partial charge in [-0.05, 0) is 56.0 Å². The fourth-order valence-corrected chi connectivity index (χ4v) is 3.14. The summed E-state index contributed by atoms with van der Waals surface area (Å²) in [4.78, 5) is 14.2. The van der Waals surface area contributed by atoms with Gasteiger partial charge in [0, 0.05) is 19.3 Å². The molecule has 3 rings (SSSR count). The number of benzene rings is 1. The molecule has 0 radical (unpaired) electrons. The van der Waals surface area contributed by atoms with Crippen molar-refractivity contribution in [3.63, 3.8) is 0 Å². The molecule has 0 saturated carbocycles. The van der Waals surface area contributed by atoms with Gasteiger partial charge in [-0.15, -0.1) is 0 Å². The number of nitrogens with one attached hydrogen (secondary N) is 1. The summed E-state index contributed by atoms with van der Waals surface area (Å²) in [6, 6.07) is 9.98. The first-order valence-corrected chi connectivity index (χ1v) is 8.93. The Morgan fingerprint density at radius 3 is 2.72 bits per heavy atom. The predicted molar refractivity (Wildman–Crippen MR) is 96.5 cm³/mol. The summed E-state index contributed by atoms with van der Waals surface area (Å²) < 4.78 is 1.85.